The third kappa shape index (κ3) is 4.88. The molecule has 0 unspecified atom stereocenters. The van der Waals surface area contributed by atoms with Crippen molar-refractivity contribution >= 4 is 11.6 Å². The molecule has 5 nitrogen and oxygen atoms in total. The molecule has 34 heavy (non-hydrogen) atoms. The molecule has 0 aliphatic carbocycles. The molecule has 0 aliphatic heterocycles. The van der Waals surface area contributed by atoms with E-state index in [2.05, 4.69) is 10.4 Å². The number of rotatable bonds is 4. The molecule has 9 heteroatoms. The zero-order valence-electron chi connectivity index (χ0n) is 17.7. The average molecular weight is 467 g/mol. The van der Waals surface area contributed by atoms with Crippen LogP contribution in [0.4, 0.5) is 23.2 Å². The summed E-state index contributed by atoms with van der Waals surface area (Å²) >= 11 is 0. The lowest BCUT2D eigenvalue weighted by Gasteiger charge is -2.12. The summed E-state index contributed by atoms with van der Waals surface area (Å²) in [6.45, 7) is 1.67. The Balaban J connectivity index is 1.61. The normalized spacial score (nSPS) is 11.3. The van der Waals surface area contributed by atoms with Gasteiger partial charge < -0.3 is 5.32 Å². The van der Waals surface area contributed by atoms with Crippen LogP contribution in [0.25, 0.3) is 16.8 Å². The van der Waals surface area contributed by atoms with Gasteiger partial charge in [0.1, 0.15) is 5.82 Å². The van der Waals surface area contributed by atoms with E-state index in [9.17, 15) is 27.2 Å². The number of halogens is 4. The maximum absolute atomic E-state index is 13.1. The molecule has 1 aromatic heterocycles. The van der Waals surface area contributed by atoms with E-state index in [1.807, 2.05) is 0 Å². The van der Waals surface area contributed by atoms with Gasteiger partial charge in [0.05, 0.1) is 16.9 Å². The molecule has 0 saturated carbocycles. The van der Waals surface area contributed by atoms with Gasteiger partial charge in [-0.2, -0.15) is 23.0 Å². The molecule has 0 bridgehead atoms. The third-order valence-corrected chi connectivity index (χ3v) is 5.09. The summed E-state index contributed by atoms with van der Waals surface area (Å²) in [4.78, 5) is 25.1. The molecule has 0 saturated heterocycles. The minimum Gasteiger partial charge on any atom is -0.322 e. The highest BCUT2D eigenvalue weighted by Gasteiger charge is 2.30. The van der Waals surface area contributed by atoms with Crippen LogP contribution in [0.3, 0.4) is 0 Å². The van der Waals surface area contributed by atoms with E-state index in [-0.39, 0.29) is 11.3 Å². The Hall–Kier alpha value is -4.27. The second-order valence-electron chi connectivity index (χ2n) is 7.48. The molecule has 1 heterocycles. The molecule has 1 amide bonds. The van der Waals surface area contributed by atoms with Crippen LogP contribution in [0.15, 0.2) is 83.7 Å². The number of nitrogens with zero attached hydrogens (tertiary/aromatic N) is 2. The van der Waals surface area contributed by atoms with E-state index < -0.39 is 29.0 Å². The Labute approximate surface area is 191 Å². The van der Waals surface area contributed by atoms with Crippen LogP contribution in [-0.2, 0) is 6.18 Å². The SMILES string of the molecule is Cc1nn(-c2ccc(C(F)(F)F)cc2)c(=O)cc1-c1cccc(NC(=O)c2ccc(F)cc2)c1. The van der Waals surface area contributed by atoms with E-state index >= 15 is 0 Å². The van der Waals surface area contributed by atoms with Crippen molar-refractivity contribution in [1.82, 2.24) is 9.78 Å². The van der Waals surface area contributed by atoms with Crippen molar-refractivity contribution in [2.75, 3.05) is 5.32 Å². The van der Waals surface area contributed by atoms with Gasteiger partial charge in [-0.25, -0.2) is 4.39 Å². The fourth-order valence-electron chi connectivity index (χ4n) is 3.38. The van der Waals surface area contributed by atoms with Gasteiger partial charge in [0.25, 0.3) is 11.5 Å². The van der Waals surface area contributed by atoms with E-state index in [1.165, 1.54) is 42.5 Å². The fraction of sp³-hybridized carbons (Fsp3) is 0.0800. The lowest BCUT2D eigenvalue weighted by molar-refractivity contribution is -0.137. The predicted octanol–water partition coefficient (Wildman–Crippen LogP) is 5.62. The Morgan fingerprint density at radius 3 is 2.26 bits per heavy atom. The van der Waals surface area contributed by atoms with Crippen molar-refractivity contribution in [3.05, 3.63) is 112 Å². The smallest absolute Gasteiger partial charge is 0.322 e. The van der Waals surface area contributed by atoms with Gasteiger partial charge >= 0.3 is 6.18 Å². The number of anilines is 1. The van der Waals surface area contributed by atoms with Crippen molar-refractivity contribution in [3.8, 4) is 16.8 Å². The van der Waals surface area contributed by atoms with Gasteiger partial charge in [0, 0.05) is 22.9 Å². The first-order valence-electron chi connectivity index (χ1n) is 10.1. The second-order valence-corrected chi connectivity index (χ2v) is 7.48. The summed E-state index contributed by atoms with van der Waals surface area (Å²) < 4.78 is 52.5. The van der Waals surface area contributed by atoms with Crippen molar-refractivity contribution in [2.24, 2.45) is 0 Å². The van der Waals surface area contributed by atoms with Crippen molar-refractivity contribution in [3.63, 3.8) is 0 Å². The minimum absolute atomic E-state index is 0.202. The van der Waals surface area contributed by atoms with Crippen molar-refractivity contribution in [2.45, 2.75) is 13.1 Å². The van der Waals surface area contributed by atoms with E-state index in [0.29, 0.717) is 22.5 Å². The predicted molar refractivity (Wildman–Crippen MR) is 119 cm³/mol. The van der Waals surface area contributed by atoms with Crippen LogP contribution in [0.1, 0.15) is 21.6 Å². The maximum atomic E-state index is 13.1. The van der Waals surface area contributed by atoms with Gasteiger partial charge in [0.15, 0.2) is 0 Å². The number of nitrogens with one attached hydrogen (secondary N) is 1. The summed E-state index contributed by atoms with van der Waals surface area (Å²) in [6.07, 6.45) is -4.48. The zero-order chi connectivity index (χ0) is 24.5. The topological polar surface area (TPSA) is 64.0 Å². The highest BCUT2D eigenvalue weighted by molar-refractivity contribution is 6.04. The highest BCUT2D eigenvalue weighted by atomic mass is 19.4. The van der Waals surface area contributed by atoms with Gasteiger partial charge in [-0.15, -0.1) is 0 Å². The highest BCUT2D eigenvalue weighted by Crippen LogP contribution is 2.29. The van der Waals surface area contributed by atoms with Crippen molar-refractivity contribution in [1.29, 1.82) is 0 Å². The van der Waals surface area contributed by atoms with Gasteiger partial charge in [-0.1, -0.05) is 12.1 Å². The van der Waals surface area contributed by atoms with Crippen LogP contribution in [-0.4, -0.2) is 15.7 Å². The number of carbonyl (C=O) groups is 1. The molecule has 0 atom stereocenters. The molecular weight excluding hydrogens is 450 g/mol. The van der Waals surface area contributed by atoms with Crippen LogP contribution in [0.2, 0.25) is 0 Å². The quantitative estimate of drug-likeness (QED) is 0.397. The molecule has 4 rings (SSSR count). The van der Waals surface area contributed by atoms with Crippen LogP contribution < -0.4 is 10.9 Å². The Bertz CT molecular complexity index is 1410. The summed E-state index contributed by atoms with van der Waals surface area (Å²) in [7, 11) is 0. The molecule has 0 radical (unpaired) electrons. The summed E-state index contributed by atoms with van der Waals surface area (Å²) in [6, 6.07) is 17.3. The molecule has 0 fully saturated rings. The van der Waals surface area contributed by atoms with Crippen LogP contribution in [0.5, 0.6) is 0 Å². The first-order valence-corrected chi connectivity index (χ1v) is 10.1. The standard InChI is InChI=1S/C25H17F4N3O2/c1-15-22(14-23(33)32(31-15)21-11-7-18(8-12-21)25(27,28)29)17-3-2-4-20(13-17)30-24(34)16-5-9-19(26)10-6-16/h2-14H,1H3,(H,30,34). The number of aromatic nitrogens is 2. The summed E-state index contributed by atoms with van der Waals surface area (Å²) in [5.41, 5.74) is 1.17. The van der Waals surface area contributed by atoms with E-state index in [1.54, 1.807) is 31.2 Å². The van der Waals surface area contributed by atoms with Gasteiger partial charge in [0.2, 0.25) is 0 Å². The zero-order valence-corrected chi connectivity index (χ0v) is 17.7. The van der Waals surface area contributed by atoms with Gasteiger partial charge in [-0.05, 0) is 73.2 Å². The molecule has 172 valence electrons. The Morgan fingerprint density at radius 1 is 0.941 bits per heavy atom. The monoisotopic (exact) mass is 467 g/mol. The van der Waals surface area contributed by atoms with E-state index in [4.69, 9.17) is 0 Å². The summed E-state index contributed by atoms with van der Waals surface area (Å²) in [5, 5.41) is 6.98. The number of hydrogen-bond acceptors (Lipinski definition) is 3. The molecule has 0 spiro atoms. The summed E-state index contributed by atoms with van der Waals surface area (Å²) in [5.74, 6) is -0.878. The average Bonchev–Trinajstić information content (AvgIpc) is 2.80. The molecule has 4 aromatic rings. The van der Waals surface area contributed by atoms with Crippen LogP contribution >= 0.6 is 0 Å². The number of aryl methyl sites for hydroxylation is 1. The van der Waals surface area contributed by atoms with E-state index in [0.717, 1.165) is 16.8 Å². The first kappa shape index (κ1) is 22.9. The lowest BCUT2D eigenvalue weighted by atomic mass is 10.0. The third-order valence-electron chi connectivity index (χ3n) is 5.09. The van der Waals surface area contributed by atoms with Crippen molar-refractivity contribution < 1.29 is 22.4 Å². The molecular formula is C25H17F4N3O2. The van der Waals surface area contributed by atoms with Gasteiger partial charge in [-0.3, -0.25) is 9.59 Å². The maximum Gasteiger partial charge on any atom is 0.416 e. The Kier molecular flexibility index (Phi) is 6.02. The number of alkyl halides is 3. The number of hydrogen-bond donors (Lipinski definition) is 1. The molecule has 3 aromatic carbocycles. The number of carbonyl (C=O) groups excluding carboxylic acids is 1. The largest absolute Gasteiger partial charge is 0.416 e. The Morgan fingerprint density at radius 2 is 1.62 bits per heavy atom. The fourth-order valence-corrected chi connectivity index (χ4v) is 3.38. The lowest BCUT2D eigenvalue weighted by Crippen LogP contribution is -2.22. The number of amides is 1. The minimum atomic E-state index is -4.48. The van der Waals surface area contributed by atoms with Crippen LogP contribution in [0, 0.1) is 12.7 Å². The number of benzene rings is 3. The first-order chi connectivity index (χ1) is 16.1. The molecule has 0 aliphatic rings. The molecule has 1 N–H and O–H groups in total. The second kappa shape index (κ2) is 8.93.